The topological polar surface area (TPSA) is 133 Å². The molecule has 51 heavy (non-hydrogen) atoms. The van der Waals surface area contributed by atoms with Gasteiger partial charge in [0.15, 0.2) is 23.0 Å². The number of nitrogens with one attached hydrogen (secondary N) is 2. The summed E-state index contributed by atoms with van der Waals surface area (Å²) < 4.78 is 43.4. The van der Waals surface area contributed by atoms with Crippen molar-refractivity contribution in [3.8, 4) is 22.9 Å². The molecule has 13 heteroatoms. The Bertz CT molecular complexity index is 2300. The normalized spacial score (nSPS) is 11.6. The molecule has 1 atom stereocenters. The highest BCUT2D eigenvalue weighted by molar-refractivity contribution is 6.04. The molecule has 0 fully saturated rings. The second-order valence-electron chi connectivity index (χ2n) is 11.9. The maximum atomic E-state index is 15.6. The monoisotopic (exact) mass is 692 g/mol. The van der Waals surface area contributed by atoms with E-state index in [1.165, 1.54) is 59.4 Å². The molecule has 3 aromatic heterocycles. The molecule has 3 heterocycles. The molecule has 0 saturated heterocycles. The number of aliphatic hydroxyl groups excluding tert-OH is 1. The van der Waals surface area contributed by atoms with Crippen LogP contribution in [0.15, 0.2) is 103 Å². The summed E-state index contributed by atoms with van der Waals surface area (Å²) in [4.78, 5) is 31.3. The number of benzene rings is 3. The van der Waals surface area contributed by atoms with Crippen molar-refractivity contribution >= 4 is 34.0 Å². The Balaban J connectivity index is 1.28. The summed E-state index contributed by atoms with van der Waals surface area (Å²) in [7, 11) is 1.59. The predicted molar refractivity (Wildman–Crippen MR) is 191 cm³/mol. The lowest BCUT2D eigenvalue weighted by Crippen LogP contribution is -2.28. The number of rotatable bonds is 12. The molecule has 6 aromatic rings. The minimum atomic E-state index is -0.791. The summed E-state index contributed by atoms with van der Waals surface area (Å²) in [6.45, 7) is 7.61. The number of anilines is 2. The lowest BCUT2D eigenvalue weighted by atomic mass is 10.1. The van der Waals surface area contributed by atoms with Gasteiger partial charge in [0.2, 0.25) is 0 Å². The maximum Gasteiger partial charge on any atom is 0.267 e. The highest BCUT2D eigenvalue weighted by Gasteiger charge is 2.21. The first-order valence-corrected chi connectivity index (χ1v) is 15.9. The molecule has 6 rings (SSSR count). The van der Waals surface area contributed by atoms with Gasteiger partial charge in [-0.3, -0.25) is 14.2 Å². The molecule has 260 valence electrons. The van der Waals surface area contributed by atoms with Crippen LogP contribution in [0.3, 0.4) is 0 Å². The van der Waals surface area contributed by atoms with Gasteiger partial charge >= 0.3 is 0 Å². The number of amides is 1. The van der Waals surface area contributed by atoms with Gasteiger partial charge < -0.3 is 25.2 Å². The highest BCUT2D eigenvalue weighted by Crippen LogP contribution is 2.36. The van der Waals surface area contributed by atoms with Crippen molar-refractivity contribution in [3.63, 3.8) is 0 Å². The lowest BCUT2D eigenvalue weighted by molar-refractivity contribution is 0.102. The van der Waals surface area contributed by atoms with Gasteiger partial charge in [-0.15, -0.1) is 0 Å². The van der Waals surface area contributed by atoms with Crippen molar-refractivity contribution < 1.29 is 28.2 Å². The van der Waals surface area contributed by atoms with Crippen LogP contribution in [0.1, 0.15) is 35.3 Å². The number of allylic oxidation sites excluding steroid dienone is 1. The fraction of sp³-hybridized carbons (Fsp3) is 0.158. The molecule has 3 N–H and O–H groups in total. The zero-order valence-electron chi connectivity index (χ0n) is 28.0. The van der Waals surface area contributed by atoms with E-state index in [0.717, 1.165) is 11.6 Å². The van der Waals surface area contributed by atoms with Crippen LogP contribution in [0.4, 0.5) is 20.3 Å². The quantitative estimate of drug-likeness (QED) is 0.128. The number of hydrogen-bond donors (Lipinski definition) is 3. The van der Waals surface area contributed by atoms with Crippen LogP contribution in [0.5, 0.6) is 17.2 Å². The number of halogens is 2. The Labute approximate surface area is 291 Å². The van der Waals surface area contributed by atoms with Gasteiger partial charge in [-0.05, 0) is 85.1 Å². The predicted octanol–water partition coefficient (Wildman–Crippen LogP) is 6.79. The Hall–Kier alpha value is -6.34. The molecular weight excluding hydrogens is 658 g/mol. The molecule has 0 radical (unpaired) electrons. The second kappa shape index (κ2) is 14.6. The van der Waals surface area contributed by atoms with Crippen LogP contribution < -0.4 is 25.7 Å². The zero-order chi connectivity index (χ0) is 36.2. The molecule has 0 bridgehead atoms. The van der Waals surface area contributed by atoms with Gasteiger partial charge in [0.1, 0.15) is 28.3 Å². The first kappa shape index (κ1) is 34.5. The molecule has 1 amide bonds. The average molecular weight is 693 g/mol. The van der Waals surface area contributed by atoms with Gasteiger partial charge in [0.05, 0.1) is 20.3 Å². The lowest BCUT2D eigenvalue weighted by Gasteiger charge is -2.14. The molecule has 0 aliphatic rings. The molecule has 0 saturated carbocycles. The van der Waals surface area contributed by atoms with Gasteiger partial charge in [-0.2, -0.15) is 5.10 Å². The largest absolute Gasteiger partial charge is 0.497 e. The molecule has 3 aromatic carbocycles. The number of ether oxygens (including phenoxy) is 2. The number of hydrogen-bond acceptors (Lipinski definition) is 8. The second-order valence-corrected chi connectivity index (χ2v) is 11.9. The third-order valence-electron chi connectivity index (χ3n) is 8.01. The van der Waals surface area contributed by atoms with Gasteiger partial charge in [-0.1, -0.05) is 18.7 Å². The fourth-order valence-electron chi connectivity index (χ4n) is 5.30. The Morgan fingerprint density at radius 2 is 1.76 bits per heavy atom. The number of aromatic nitrogens is 4. The molecule has 0 aliphatic heterocycles. The van der Waals surface area contributed by atoms with E-state index >= 15 is 4.39 Å². The molecule has 11 nitrogen and oxygen atoms in total. The van der Waals surface area contributed by atoms with Gasteiger partial charge in [0.25, 0.3) is 11.5 Å². The number of aliphatic hydroxyl groups is 1. The van der Waals surface area contributed by atoms with Crippen molar-refractivity contribution in [3.05, 3.63) is 137 Å². The van der Waals surface area contributed by atoms with E-state index in [1.54, 1.807) is 31.7 Å². The summed E-state index contributed by atoms with van der Waals surface area (Å²) in [6.07, 6.45) is 3.04. The van der Waals surface area contributed by atoms with Crippen LogP contribution in [-0.2, 0) is 6.54 Å². The summed E-state index contributed by atoms with van der Waals surface area (Å²) in [5.41, 5.74) is 2.05. The highest BCUT2D eigenvalue weighted by atomic mass is 19.1. The van der Waals surface area contributed by atoms with Gasteiger partial charge in [-0.25, -0.2) is 18.4 Å². The maximum absolute atomic E-state index is 15.6. The van der Waals surface area contributed by atoms with Crippen LogP contribution in [0.25, 0.3) is 22.3 Å². The minimum absolute atomic E-state index is 0.0737. The number of fused-ring (bicyclic) bond motifs is 1. The van der Waals surface area contributed by atoms with Crippen molar-refractivity contribution in [2.24, 2.45) is 0 Å². The molecular formula is C38H34F2N6O5. The van der Waals surface area contributed by atoms with E-state index in [9.17, 15) is 19.1 Å². The van der Waals surface area contributed by atoms with Crippen molar-refractivity contribution in [2.45, 2.75) is 26.4 Å². The third kappa shape index (κ3) is 7.48. The molecule has 0 spiro atoms. The first-order chi connectivity index (χ1) is 24.5. The minimum Gasteiger partial charge on any atom is -0.497 e. The number of nitrogens with zero attached hydrogens (tertiary/aromatic N) is 4. The van der Waals surface area contributed by atoms with Crippen molar-refractivity contribution in [2.75, 3.05) is 24.4 Å². The number of carbonyl (C=O) groups excluding carboxylic acids is 1. The Kier molecular flexibility index (Phi) is 9.91. The van der Waals surface area contributed by atoms with E-state index in [2.05, 4.69) is 22.2 Å². The smallest absolute Gasteiger partial charge is 0.267 e. The van der Waals surface area contributed by atoms with E-state index in [4.69, 9.17) is 14.6 Å². The van der Waals surface area contributed by atoms with Crippen LogP contribution >= 0.6 is 0 Å². The summed E-state index contributed by atoms with van der Waals surface area (Å²) in [6, 6.07) is 19.2. The van der Waals surface area contributed by atoms with E-state index in [-0.39, 0.29) is 35.4 Å². The fourth-order valence-corrected chi connectivity index (χ4v) is 5.30. The summed E-state index contributed by atoms with van der Waals surface area (Å²) in [5.74, 6) is -0.837. The average Bonchev–Trinajstić information content (AvgIpc) is 3.47. The van der Waals surface area contributed by atoms with Crippen LogP contribution in [0.2, 0.25) is 0 Å². The number of methoxy groups -OCH3 is 1. The zero-order valence-corrected chi connectivity index (χ0v) is 28.0. The molecule has 0 aliphatic carbocycles. The first-order valence-electron chi connectivity index (χ1n) is 15.9. The van der Waals surface area contributed by atoms with Crippen LogP contribution in [0, 0.1) is 11.6 Å². The third-order valence-corrected chi connectivity index (χ3v) is 8.01. The standard InChI is InChI=1S/C38H34F2N6O5/c1-22(2)25-17-30(38(49)45(20-25)28-10-7-26(39)8-11-28)37(48)43-27-9-14-32(31(40)18-27)51-33-15-16-41-36-34(33)35(42-23(3)21-47)44-46(36)19-24-5-12-29(50-4)13-6-24/h5-18,20,23,47H,1,19,21H2,2-4H3,(H,42,44)(H,43,48). The van der Waals surface area contributed by atoms with Crippen LogP contribution in [-0.4, -0.2) is 50.1 Å². The van der Waals surface area contributed by atoms with Crippen molar-refractivity contribution in [1.82, 2.24) is 19.3 Å². The summed E-state index contributed by atoms with van der Waals surface area (Å²) in [5, 5.41) is 20.6. The molecule has 1 unspecified atom stereocenters. The van der Waals surface area contributed by atoms with E-state index < -0.39 is 23.1 Å². The van der Waals surface area contributed by atoms with Gasteiger partial charge in [0, 0.05) is 41.9 Å². The number of carbonyl (C=O) groups is 1. The Morgan fingerprint density at radius 1 is 1.02 bits per heavy atom. The van der Waals surface area contributed by atoms with E-state index in [1.807, 2.05) is 24.3 Å². The number of pyridine rings is 2. The summed E-state index contributed by atoms with van der Waals surface area (Å²) >= 11 is 0. The Morgan fingerprint density at radius 3 is 2.43 bits per heavy atom. The van der Waals surface area contributed by atoms with Crippen molar-refractivity contribution in [1.29, 1.82) is 0 Å². The van der Waals surface area contributed by atoms with E-state index in [0.29, 0.717) is 46.0 Å². The SMILES string of the molecule is C=C(C)c1cc(C(=O)Nc2ccc(Oc3ccnc4c3c(NC(C)CO)nn4Cc3ccc(OC)cc3)c(F)c2)c(=O)n(-c2ccc(F)cc2)c1.